The van der Waals surface area contributed by atoms with Crippen LogP contribution in [0.5, 0.6) is 0 Å². The zero-order chi connectivity index (χ0) is 6.62. The van der Waals surface area contributed by atoms with Crippen LogP contribution >= 0.6 is 7.34 Å². The Labute approximate surface area is 50.6 Å². The minimum absolute atomic E-state index is 0.932. The van der Waals surface area contributed by atoms with E-state index in [4.69, 9.17) is 11.0 Å². The maximum atomic E-state index is 5.55. The van der Waals surface area contributed by atoms with E-state index in [1.807, 2.05) is 12.7 Å². The lowest BCUT2D eigenvalue weighted by atomic mass is 10.6. The van der Waals surface area contributed by atoms with Crippen LogP contribution in [0.1, 0.15) is 13.3 Å². The van der Waals surface area contributed by atoms with Crippen molar-refractivity contribution in [1.82, 2.24) is 5.09 Å². The first-order valence-corrected chi connectivity index (χ1v) is 4.61. The molecule has 0 heterocycles. The van der Waals surface area contributed by atoms with Crippen LogP contribution in [0.15, 0.2) is 0 Å². The van der Waals surface area contributed by atoms with Gasteiger partial charge in [0.25, 0.3) is 0 Å². The maximum absolute atomic E-state index is 5.55. The third-order valence-corrected chi connectivity index (χ3v) is 2.62. The SMILES string of the molecule is CCC=P(N)(N)NC. The predicted octanol–water partition coefficient (Wildman–Crippen LogP) is 0.0980. The summed E-state index contributed by atoms with van der Waals surface area (Å²) < 4.78 is 0. The van der Waals surface area contributed by atoms with E-state index in [2.05, 4.69) is 5.09 Å². The van der Waals surface area contributed by atoms with E-state index in [0.717, 1.165) is 6.42 Å². The fourth-order valence-corrected chi connectivity index (χ4v) is 1.18. The molecule has 0 fully saturated rings. The van der Waals surface area contributed by atoms with Gasteiger partial charge in [-0.15, -0.1) is 0 Å². The van der Waals surface area contributed by atoms with E-state index in [1.54, 1.807) is 7.05 Å². The summed E-state index contributed by atoms with van der Waals surface area (Å²) in [7, 11) is -0.0207. The number of nitrogens with two attached hydrogens (primary N) is 2. The highest BCUT2D eigenvalue weighted by Crippen LogP contribution is 2.17. The normalized spacial score (nSPS) is 11.5. The molecule has 0 rings (SSSR count). The van der Waals surface area contributed by atoms with Gasteiger partial charge >= 0.3 is 0 Å². The smallest absolute Gasteiger partial charge is 0.0640 e. The van der Waals surface area contributed by atoms with Crippen molar-refractivity contribution >= 4 is 13.1 Å². The Balaban J connectivity index is 3.88. The molecule has 0 saturated carbocycles. The summed E-state index contributed by atoms with van der Waals surface area (Å²) >= 11 is 0. The summed E-state index contributed by atoms with van der Waals surface area (Å²) in [6.45, 7) is 2.02. The third-order valence-electron chi connectivity index (χ3n) is 0.872. The topological polar surface area (TPSA) is 64.1 Å². The lowest BCUT2D eigenvalue weighted by molar-refractivity contribution is 1.23. The first-order chi connectivity index (χ1) is 3.62. The quantitative estimate of drug-likeness (QED) is 0.470. The molecule has 0 saturated heterocycles. The van der Waals surface area contributed by atoms with Crippen molar-refractivity contribution in [1.29, 1.82) is 0 Å². The summed E-state index contributed by atoms with van der Waals surface area (Å²) in [4.78, 5) is 0. The molecule has 50 valence electrons. The number of rotatable bonds is 2. The fraction of sp³-hybridized carbons (Fsp3) is 0.750. The molecular weight excluding hydrogens is 121 g/mol. The van der Waals surface area contributed by atoms with Crippen LogP contribution in [0.3, 0.4) is 0 Å². The average Bonchev–Trinajstić information content (AvgIpc) is 1.67. The second-order valence-electron chi connectivity index (χ2n) is 1.65. The number of hydrogen-bond donors (Lipinski definition) is 3. The van der Waals surface area contributed by atoms with E-state index in [0.29, 0.717) is 0 Å². The Morgan fingerprint density at radius 1 is 1.62 bits per heavy atom. The van der Waals surface area contributed by atoms with Gasteiger partial charge in [0.2, 0.25) is 0 Å². The molecule has 0 atom stereocenters. The summed E-state index contributed by atoms with van der Waals surface area (Å²) in [5.74, 6) is 1.92. The van der Waals surface area contributed by atoms with Gasteiger partial charge in [-0.25, -0.2) is 0 Å². The van der Waals surface area contributed by atoms with Crippen molar-refractivity contribution in [2.75, 3.05) is 7.05 Å². The van der Waals surface area contributed by atoms with Crippen molar-refractivity contribution in [2.24, 2.45) is 11.0 Å². The predicted molar refractivity (Wildman–Crippen MR) is 40.7 cm³/mol. The van der Waals surface area contributed by atoms with Gasteiger partial charge in [0.05, 0.1) is 7.34 Å². The minimum atomic E-state index is -1.80. The van der Waals surface area contributed by atoms with Gasteiger partial charge in [-0.1, -0.05) is 6.92 Å². The Bertz CT molecular complexity index is 104. The minimum Gasteiger partial charge on any atom is -0.288 e. The lowest BCUT2D eigenvalue weighted by Crippen LogP contribution is -2.20. The first-order valence-electron chi connectivity index (χ1n) is 2.61. The highest BCUT2D eigenvalue weighted by Gasteiger charge is 1.94. The van der Waals surface area contributed by atoms with Crippen LogP contribution in [0.2, 0.25) is 0 Å². The molecule has 3 nitrogen and oxygen atoms in total. The van der Waals surface area contributed by atoms with E-state index < -0.39 is 7.34 Å². The van der Waals surface area contributed by atoms with E-state index in [9.17, 15) is 0 Å². The van der Waals surface area contributed by atoms with Crippen molar-refractivity contribution in [3.05, 3.63) is 0 Å². The molecule has 0 spiro atoms. The van der Waals surface area contributed by atoms with Crippen LogP contribution in [0, 0.1) is 0 Å². The fourth-order valence-electron chi connectivity index (χ4n) is 0.393. The van der Waals surface area contributed by atoms with Crippen molar-refractivity contribution in [3.63, 3.8) is 0 Å². The molecule has 8 heavy (non-hydrogen) atoms. The van der Waals surface area contributed by atoms with Gasteiger partial charge in [-0.05, 0) is 19.3 Å². The summed E-state index contributed by atoms with van der Waals surface area (Å²) in [5, 5.41) is 2.85. The average molecular weight is 135 g/mol. The van der Waals surface area contributed by atoms with Crippen LogP contribution in [0.4, 0.5) is 0 Å². The molecule has 0 bridgehead atoms. The number of nitrogens with one attached hydrogen (secondary N) is 1. The highest BCUT2D eigenvalue weighted by molar-refractivity contribution is 7.68. The van der Waals surface area contributed by atoms with Crippen LogP contribution in [-0.4, -0.2) is 12.8 Å². The van der Waals surface area contributed by atoms with Gasteiger partial charge < -0.3 is 0 Å². The van der Waals surface area contributed by atoms with Gasteiger partial charge in [0.1, 0.15) is 0 Å². The zero-order valence-electron chi connectivity index (χ0n) is 5.39. The molecule has 0 amide bonds. The molecule has 0 aliphatic heterocycles. The molecule has 0 aliphatic rings. The molecule has 4 heteroatoms. The molecular formula is C4H14N3P. The second-order valence-corrected chi connectivity index (χ2v) is 4.13. The van der Waals surface area contributed by atoms with Gasteiger partial charge in [-0.2, -0.15) is 0 Å². The maximum Gasteiger partial charge on any atom is 0.0640 e. The van der Waals surface area contributed by atoms with Crippen LogP contribution in [0.25, 0.3) is 0 Å². The Morgan fingerprint density at radius 3 is 2.25 bits per heavy atom. The van der Waals surface area contributed by atoms with Crippen molar-refractivity contribution < 1.29 is 0 Å². The van der Waals surface area contributed by atoms with Crippen LogP contribution < -0.4 is 16.1 Å². The lowest BCUT2D eigenvalue weighted by Gasteiger charge is -2.11. The van der Waals surface area contributed by atoms with Gasteiger partial charge in [0.15, 0.2) is 0 Å². The van der Waals surface area contributed by atoms with E-state index in [-0.39, 0.29) is 0 Å². The molecule has 0 unspecified atom stereocenters. The Kier molecular flexibility index (Phi) is 3.33. The largest absolute Gasteiger partial charge is 0.288 e. The molecule has 0 aliphatic carbocycles. The monoisotopic (exact) mass is 135 g/mol. The van der Waals surface area contributed by atoms with Crippen LogP contribution in [-0.2, 0) is 0 Å². The van der Waals surface area contributed by atoms with Crippen molar-refractivity contribution in [3.8, 4) is 0 Å². The summed E-state index contributed by atoms with van der Waals surface area (Å²) in [5.41, 5.74) is 11.1. The molecule has 0 radical (unpaired) electrons. The van der Waals surface area contributed by atoms with E-state index >= 15 is 0 Å². The third kappa shape index (κ3) is 3.22. The standard InChI is InChI=1S/C4H14N3P/c1-3-4-8(5,6)7-2/h4,7H,3,5-6H2,1-2H3. The first kappa shape index (κ1) is 8.18. The van der Waals surface area contributed by atoms with Crippen molar-refractivity contribution in [2.45, 2.75) is 13.3 Å². The molecule has 5 N–H and O–H groups in total. The molecule has 0 aromatic carbocycles. The molecule has 0 aromatic heterocycles. The van der Waals surface area contributed by atoms with Gasteiger partial charge in [-0.3, -0.25) is 16.1 Å². The summed E-state index contributed by atoms with van der Waals surface area (Å²) in [6.07, 6.45) is 0.932. The summed E-state index contributed by atoms with van der Waals surface area (Å²) in [6, 6.07) is 0. The second kappa shape index (κ2) is 3.25. The van der Waals surface area contributed by atoms with E-state index in [1.165, 1.54) is 0 Å². The zero-order valence-corrected chi connectivity index (χ0v) is 6.28. The highest BCUT2D eigenvalue weighted by atomic mass is 31.2. The van der Waals surface area contributed by atoms with Gasteiger partial charge in [0, 0.05) is 0 Å². The Morgan fingerprint density at radius 2 is 2.12 bits per heavy atom. The molecule has 0 aromatic rings. The number of hydrogen-bond acceptors (Lipinski definition) is 3. The Hall–Kier alpha value is 0.180.